The number of carbonyl (C=O) groups excluding carboxylic acids is 1. The van der Waals surface area contributed by atoms with Crippen LogP contribution in [0.2, 0.25) is 0 Å². The minimum absolute atomic E-state index is 0.0482. The number of hydrogen-bond donors (Lipinski definition) is 2. The summed E-state index contributed by atoms with van der Waals surface area (Å²) in [5.74, 6) is -0.0482. The summed E-state index contributed by atoms with van der Waals surface area (Å²) in [6.45, 7) is 7.42. The van der Waals surface area contributed by atoms with E-state index in [9.17, 15) is 13.2 Å². The molecule has 0 aliphatic heterocycles. The zero-order valence-electron chi connectivity index (χ0n) is 14.5. The van der Waals surface area contributed by atoms with Gasteiger partial charge in [0.2, 0.25) is 15.9 Å². The minimum Gasteiger partial charge on any atom is -0.326 e. The highest BCUT2D eigenvalue weighted by Crippen LogP contribution is 2.13. The van der Waals surface area contributed by atoms with Gasteiger partial charge in [0.25, 0.3) is 0 Å². The molecule has 0 saturated heterocycles. The summed E-state index contributed by atoms with van der Waals surface area (Å²) in [5, 5.41) is 2.85. The van der Waals surface area contributed by atoms with E-state index in [2.05, 4.69) is 17.0 Å². The summed E-state index contributed by atoms with van der Waals surface area (Å²) in [6, 6.07) is 7.79. The maximum atomic E-state index is 11.9. The Labute approximate surface area is 139 Å². The standard InChI is InChI=1S/C17H28N2O3S/c1-5-14-9-11-15(12-10-14)19-16(20)8-6-7-13-18-23(21,22)17(2,3)4/h9-12,18H,5-8,13H2,1-4H3,(H,19,20). The van der Waals surface area contributed by atoms with Crippen molar-refractivity contribution in [3.05, 3.63) is 29.8 Å². The SMILES string of the molecule is CCc1ccc(NC(=O)CCCCNS(=O)(=O)C(C)(C)C)cc1. The van der Waals surface area contributed by atoms with Gasteiger partial charge >= 0.3 is 0 Å². The molecule has 1 aromatic carbocycles. The van der Waals surface area contributed by atoms with E-state index < -0.39 is 14.8 Å². The summed E-state index contributed by atoms with van der Waals surface area (Å²) in [7, 11) is -3.30. The lowest BCUT2D eigenvalue weighted by atomic mass is 10.1. The Hall–Kier alpha value is -1.40. The monoisotopic (exact) mass is 340 g/mol. The average Bonchev–Trinajstić information content (AvgIpc) is 2.46. The third-order valence-corrected chi connectivity index (χ3v) is 5.77. The van der Waals surface area contributed by atoms with Gasteiger partial charge in [-0.2, -0.15) is 0 Å². The molecule has 0 aliphatic rings. The van der Waals surface area contributed by atoms with Crippen molar-refractivity contribution in [2.45, 2.75) is 58.1 Å². The van der Waals surface area contributed by atoms with Crippen molar-refractivity contribution in [2.24, 2.45) is 0 Å². The minimum atomic E-state index is -3.30. The van der Waals surface area contributed by atoms with Gasteiger partial charge in [-0.3, -0.25) is 4.79 Å². The van der Waals surface area contributed by atoms with Gasteiger partial charge in [-0.25, -0.2) is 13.1 Å². The molecule has 5 nitrogen and oxygen atoms in total. The van der Waals surface area contributed by atoms with Gasteiger partial charge in [-0.05, 0) is 57.7 Å². The number of hydrogen-bond acceptors (Lipinski definition) is 3. The highest BCUT2D eigenvalue weighted by Gasteiger charge is 2.27. The largest absolute Gasteiger partial charge is 0.326 e. The first-order valence-electron chi connectivity index (χ1n) is 8.03. The summed E-state index contributed by atoms with van der Waals surface area (Å²) >= 11 is 0. The number of carbonyl (C=O) groups is 1. The quantitative estimate of drug-likeness (QED) is 0.714. The molecule has 1 rings (SSSR count). The molecular formula is C17H28N2O3S. The molecule has 0 aliphatic carbocycles. The van der Waals surface area contributed by atoms with Gasteiger partial charge < -0.3 is 5.32 Å². The van der Waals surface area contributed by atoms with Crippen LogP contribution < -0.4 is 10.0 Å². The molecule has 23 heavy (non-hydrogen) atoms. The highest BCUT2D eigenvalue weighted by atomic mass is 32.2. The molecule has 2 N–H and O–H groups in total. The molecular weight excluding hydrogens is 312 g/mol. The van der Waals surface area contributed by atoms with E-state index in [0.717, 1.165) is 12.1 Å². The molecule has 0 heterocycles. The van der Waals surface area contributed by atoms with Crippen molar-refractivity contribution >= 4 is 21.6 Å². The predicted octanol–water partition coefficient (Wildman–Crippen LogP) is 3.08. The number of unbranched alkanes of at least 4 members (excludes halogenated alkanes) is 1. The van der Waals surface area contributed by atoms with E-state index in [1.54, 1.807) is 20.8 Å². The fourth-order valence-electron chi connectivity index (χ4n) is 1.88. The van der Waals surface area contributed by atoms with Crippen molar-refractivity contribution in [2.75, 3.05) is 11.9 Å². The van der Waals surface area contributed by atoms with Crippen LogP contribution in [-0.4, -0.2) is 25.6 Å². The Balaban J connectivity index is 2.26. The maximum absolute atomic E-state index is 11.9. The predicted molar refractivity (Wildman–Crippen MR) is 95.0 cm³/mol. The second kappa shape index (κ2) is 8.45. The Morgan fingerprint density at radius 2 is 1.70 bits per heavy atom. The van der Waals surface area contributed by atoms with Crippen molar-refractivity contribution < 1.29 is 13.2 Å². The molecule has 0 spiro atoms. The first kappa shape index (κ1) is 19.6. The number of benzene rings is 1. The number of anilines is 1. The molecule has 0 atom stereocenters. The van der Waals surface area contributed by atoms with E-state index >= 15 is 0 Å². The average molecular weight is 340 g/mol. The summed E-state index contributed by atoms with van der Waals surface area (Å²) < 4.78 is 25.5. The van der Waals surface area contributed by atoms with Crippen LogP contribution in [0.25, 0.3) is 0 Å². The van der Waals surface area contributed by atoms with Crippen molar-refractivity contribution in [1.29, 1.82) is 0 Å². The van der Waals surface area contributed by atoms with Gasteiger partial charge in [0.1, 0.15) is 0 Å². The number of sulfonamides is 1. The molecule has 130 valence electrons. The number of aryl methyl sites for hydroxylation is 1. The summed E-state index contributed by atoms with van der Waals surface area (Å²) in [6.07, 6.45) is 2.63. The van der Waals surface area contributed by atoms with Crippen LogP contribution in [0.15, 0.2) is 24.3 Å². The van der Waals surface area contributed by atoms with E-state index in [1.807, 2.05) is 24.3 Å². The number of rotatable bonds is 8. The Morgan fingerprint density at radius 1 is 1.09 bits per heavy atom. The van der Waals surface area contributed by atoms with Crippen LogP contribution in [0.5, 0.6) is 0 Å². The fourth-order valence-corrected chi connectivity index (χ4v) is 2.73. The van der Waals surface area contributed by atoms with Crippen molar-refractivity contribution in [3.63, 3.8) is 0 Å². The van der Waals surface area contributed by atoms with Crippen molar-refractivity contribution in [1.82, 2.24) is 4.72 Å². The van der Waals surface area contributed by atoms with Gasteiger partial charge in [-0.1, -0.05) is 19.1 Å². The summed E-state index contributed by atoms with van der Waals surface area (Å²) in [5.41, 5.74) is 2.02. The second-order valence-corrected chi connectivity index (χ2v) is 9.09. The smallest absolute Gasteiger partial charge is 0.224 e. The fraction of sp³-hybridized carbons (Fsp3) is 0.588. The second-order valence-electron chi connectivity index (χ2n) is 6.57. The van der Waals surface area contributed by atoms with Gasteiger partial charge in [-0.15, -0.1) is 0 Å². The summed E-state index contributed by atoms with van der Waals surface area (Å²) in [4.78, 5) is 11.8. The Morgan fingerprint density at radius 3 is 2.22 bits per heavy atom. The molecule has 1 aromatic rings. The van der Waals surface area contributed by atoms with Gasteiger partial charge in [0.15, 0.2) is 0 Å². The third-order valence-electron chi connectivity index (χ3n) is 3.57. The first-order valence-corrected chi connectivity index (χ1v) is 9.52. The van der Waals surface area contributed by atoms with E-state index in [1.165, 1.54) is 5.56 Å². The molecule has 0 aromatic heterocycles. The zero-order valence-corrected chi connectivity index (χ0v) is 15.3. The Kier molecular flexibility index (Phi) is 7.22. The van der Waals surface area contributed by atoms with Crippen LogP contribution in [0, 0.1) is 0 Å². The lowest BCUT2D eigenvalue weighted by Gasteiger charge is -2.19. The van der Waals surface area contributed by atoms with Crippen LogP contribution in [0.4, 0.5) is 5.69 Å². The van der Waals surface area contributed by atoms with Gasteiger partial charge in [0, 0.05) is 18.7 Å². The Bertz CT molecular complexity index is 602. The number of amides is 1. The zero-order chi connectivity index (χ0) is 17.5. The van der Waals surface area contributed by atoms with Crippen LogP contribution >= 0.6 is 0 Å². The van der Waals surface area contributed by atoms with E-state index in [4.69, 9.17) is 0 Å². The maximum Gasteiger partial charge on any atom is 0.224 e. The molecule has 0 radical (unpaired) electrons. The normalized spacial score (nSPS) is 12.2. The highest BCUT2D eigenvalue weighted by molar-refractivity contribution is 7.90. The molecule has 1 amide bonds. The molecule has 0 saturated carbocycles. The van der Waals surface area contributed by atoms with Crippen LogP contribution in [-0.2, 0) is 21.2 Å². The molecule has 0 unspecified atom stereocenters. The first-order chi connectivity index (χ1) is 10.7. The molecule has 6 heteroatoms. The third kappa shape index (κ3) is 6.71. The molecule has 0 bridgehead atoms. The molecule has 0 fully saturated rings. The lowest BCUT2D eigenvalue weighted by molar-refractivity contribution is -0.116. The van der Waals surface area contributed by atoms with E-state index in [-0.39, 0.29) is 5.91 Å². The van der Waals surface area contributed by atoms with Crippen LogP contribution in [0.1, 0.15) is 52.5 Å². The van der Waals surface area contributed by atoms with Gasteiger partial charge in [0.05, 0.1) is 4.75 Å². The van der Waals surface area contributed by atoms with E-state index in [0.29, 0.717) is 25.8 Å². The van der Waals surface area contributed by atoms with Crippen molar-refractivity contribution in [3.8, 4) is 0 Å². The number of nitrogens with one attached hydrogen (secondary N) is 2. The topological polar surface area (TPSA) is 75.3 Å². The van der Waals surface area contributed by atoms with Crippen LogP contribution in [0.3, 0.4) is 0 Å². The lowest BCUT2D eigenvalue weighted by Crippen LogP contribution is -2.39.